The van der Waals surface area contributed by atoms with Gasteiger partial charge in [0.1, 0.15) is 5.54 Å². The number of carbonyl (C=O) groups is 1. The third-order valence-corrected chi connectivity index (χ3v) is 6.04. The Labute approximate surface area is 151 Å². The van der Waals surface area contributed by atoms with Crippen LogP contribution in [0.5, 0.6) is 0 Å². The third-order valence-electron chi connectivity index (χ3n) is 3.97. The summed E-state index contributed by atoms with van der Waals surface area (Å²) in [6.45, 7) is 7.44. The molecule has 1 amide bonds. The van der Waals surface area contributed by atoms with Crippen LogP contribution in [0, 0.1) is 17.2 Å². The number of nitriles is 1. The Hall–Kier alpha value is -1.84. The first-order valence-electron chi connectivity index (χ1n) is 7.76. The lowest BCUT2D eigenvalue weighted by molar-refractivity contribution is -0.121. The van der Waals surface area contributed by atoms with E-state index in [0.29, 0.717) is 0 Å². The minimum Gasteiger partial charge on any atom is -0.337 e. The molecule has 1 aromatic heterocycles. The van der Waals surface area contributed by atoms with E-state index in [-0.39, 0.29) is 17.1 Å². The Balaban J connectivity index is 2.02. The van der Waals surface area contributed by atoms with Crippen LogP contribution in [0.3, 0.4) is 0 Å². The van der Waals surface area contributed by atoms with Crippen molar-refractivity contribution in [1.82, 2.24) is 10.3 Å². The van der Waals surface area contributed by atoms with Gasteiger partial charge in [-0.2, -0.15) is 5.26 Å². The summed E-state index contributed by atoms with van der Waals surface area (Å²) >= 11 is 2.94. The van der Waals surface area contributed by atoms with Gasteiger partial charge in [0.15, 0.2) is 4.34 Å². The van der Waals surface area contributed by atoms with E-state index in [4.69, 9.17) is 0 Å². The maximum Gasteiger partial charge on any atom is 0.234 e. The second-order valence-electron chi connectivity index (χ2n) is 6.08. The number of hydrogen-bond donors (Lipinski definition) is 1. The molecule has 2 unspecified atom stereocenters. The van der Waals surface area contributed by atoms with Crippen molar-refractivity contribution in [1.29, 1.82) is 5.26 Å². The number of rotatable bonds is 6. The molecule has 0 aliphatic rings. The molecule has 0 saturated heterocycles. The van der Waals surface area contributed by atoms with E-state index in [0.717, 1.165) is 15.6 Å². The molecule has 126 valence electrons. The molecule has 0 bridgehead atoms. The number of amides is 1. The van der Waals surface area contributed by atoms with Crippen molar-refractivity contribution in [2.24, 2.45) is 5.92 Å². The molecule has 6 heteroatoms. The fourth-order valence-electron chi connectivity index (χ4n) is 1.92. The molecular weight excluding hydrogens is 338 g/mol. The first-order valence-corrected chi connectivity index (χ1v) is 9.52. The number of carbonyl (C=O) groups excluding carboxylic acids is 1. The standard InChI is InChI=1S/C18H21N3OS2/c1-12(2)18(4,11-19)21-16(22)13(3)24-17-20-15(10-23-17)14-8-6-5-7-9-14/h5-10,12-13H,1-4H3,(H,21,22). The highest BCUT2D eigenvalue weighted by atomic mass is 32.2. The van der Waals surface area contributed by atoms with Crippen molar-refractivity contribution in [3.63, 3.8) is 0 Å². The van der Waals surface area contributed by atoms with Crippen LogP contribution >= 0.6 is 23.1 Å². The maximum absolute atomic E-state index is 12.4. The molecule has 0 saturated carbocycles. The van der Waals surface area contributed by atoms with E-state index < -0.39 is 5.54 Å². The minimum atomic E-state index is -0.857. The summed E-state index contributed by atoms with van der Waals surface area (Å²) in [4.78, 5) is 17.0. The second kappa shape index (κ2) is 7.82. The van der Waals surface area contributed by atoms with E-state index in [9.17, 15) is 10.1 Å². The molecule has 2 aromatic rings. The Kier molecular flexibility index (Phi) is 6.03. The van der Waals surface area contributed by atoms with E-state index in [2.05, 4.69) is 16.4 Å². The monoisotopic (exact) mass is 359 g/mol. The van der Waals surface area contributed by atoms with Crippen LogP contribution in [0.1, 0.15) is 27.7 Å². The van der Waals surface area contributed by atoms with Crippen LogP contribution in [-0.4, -0.2) is 21.7 Å². The first kappa shape index (κ1) is 18.5. The zero-order chi connectivity index (χ0) is 17.7. The Bertz CT molecular complexity index is 736. The predicted molar refractivity (Wildman–Crippen MR) is 99.9 cm³/mol. The van der Waals surface area contributed by atoms with Crippen LogP contribution in [0.15, 0.2) is 40.1 Å². The molecule has 1 aromatic carbocycles. The third kappa shape index (κ3) is 4.37. The van der Waals surface area contributed by atoms with Gasteiger partial charge in [-0.05, 0) is 19.8 Å². The highest BCUT2D eigenvalue weighted by molar-refractivity contribution is 8.02. The van der Waals surface area contributed by atoms with Gasteiger partial charge in [0, 0.05) is 10.9 Å². The molecule has 24 heavy (non-hydrogen) atoms. The summed E-state index contributed by atoms with van der Waals surface area (Å²) < 4.78 is 0.847. The van der Waals surface area contributed by atoms with Crippen LogP contribution in [0.2, 0.25) is 0 Å². The van der Waals surface area contributed by atoms with Gasteiger partial charge >= 0.3 is 0 Å². The van der Waals surface area contributed by atoms with Gasteiger partial charge in [-0.3, -0.25) is 4.79 Å². The number of aromatic nitrogens is 1. The highest BCUT2D eigenvalue weighted by Crippen LogP contribution is 2.31. The molecule has 0 spiro atoms. The number of thioether (sulfide) groups is 1. The lowest BCUT2D eigenvalue weighted by Gasteiger charge is -2.28. The fraction of sp³-hybridized carbons (Fsp3) is 0.389. The van der Waals surface area contributed by atoms with E-state index in [1.165, 1.54) is 23.1 Å². The Morgan fingerprint density at radius 3 is 2.58 bits per heavy atom. The van der Waals surface area contributed by atoms with Gasteiger partial charge in [-0.15, -0.1) is 11.3 Å². The van der Waals surface area contributed by atoms with Gasteiger partial charge in [0.25, 0.3) is 0 Å². The average Bonchev–Trinajstić information content (AvgIpc) is 3.03. The van der Waals surface area contributed by atoms with Crippen molar-refractivity contribution in [2.75, 3.05) is 0 Å². The fourth-order valence-corrected chi connectivity index (χ4v) is 3.89. The van der Waals surface area contributed by atoms with E-state index in [1.54, 1.807) is 6.92 Å². The van der Waals surface area contributed by atoms with Crippen LogP contribution < -0.4 is 5.32 Å². The molecule has 2 atom stereocenters. The lowest BCUT2D eigenvalue weighted by atomic mass is 9.90. The van der Waals surface area contributed by atoms with E-state index >= 15 is 0 Å². The summed E-state index contributed by atoms with van der Waals surface area (Å²) in [7, 11) is 0. The highest BCUT2D eigenvalue weighted by Gasteiger charge is 2.32. The maximum atomic E-state index is 12.4. The second-order valence-corrected chi connectivity index (χ2v) is 8.53. The number of thiazole rings is 1. The Morgan fingerprint density at radius 1 is 1.33 bits per heavy atom. The molecule has 0 fully saturated rings. The topological polar surface area (TPSA) is 65.8 Å². The Morgan fingerprint density at radius 2 is 2.00 bits per heavy atom. The van der Waals surface area contributed by atoms with Gasteiger partial charge in [0.05, 0.1) is 17.0 Å². The molecule has 1 heterocycles. The molecule has 0 aliphatic carbocycles. The van der Waals surface area contributed by atoms with Gasteiger partial charge in [-0.25, -0.2) is 4.98 Å². The first-order chi connectivity index (χ1) is 11.4. The zero-order valence-electron chi connectivity index (χ0n) is 14.2. The van der Waals surface area contributed by atoms with Crippen LogP contribution in [-0.2, 0) is 4.79 Å². The van der Waals surface area contributed by atoms with Crippen molar-refractivity contribution >= 4 is 29.0 Å². The SMILES string of the molecule is CC(Sc1nc(-c2ccccc2)cs1)C(=O)NC(C)(C#N)C(C)C. The molecule has 2 rings (SSSR count). The predicted octanol–water partition coefficient (Wildman–Crippen LogP) is 4.35. The number of nitrogens with zero attached hydrogens (tertiary/aromatic N) is 2. The van der Waals surface area contributed by atoms with Crippen molar-refractivity contribution in [3.05, 3.63) is 35.7 Å². The summed E-state index contributed by atoms with van der Waals surface area (Å²) in [5.41, 5.74) is 1.12. The van der Waals surface area contributed by atoms with E-state index in [1.807, 2.05) is 56.5 Å². The summed E-state index contributed by atoms with van der Waals surface area (Å²) in [5, 5.41) is 13.9. The number of hydrogen-bond acceptors (Lipinski definition) is 5. The normalized spacial score (nSPS) is 14.7. The average molecular weight is 360 g/mol. The molecule has 0 aliphatic heterocycles. The lowest BCUT2D eigenvalue weighted by Crippen LogP contribution is -2.51. The number of nitrogens with one attached hydrogen (secondary N) is 1. The zero-order valence-corrected chi connectivity index (χ0v) is 15.9. The summed E-state index contributed by atoms with van der Waals surface area (Å²) in [6.07, 6.45) is 0. The van der Waals surface area contributed by atoms with Crippen LogP contribution in [0.4, 0.5) is 0 Å². The van der Waals surface area contributed by atoms with Crippen molar-refractivity contribution in [3.8, 4) is 17.3 Å². The van der Waals surface area contributed by atoms with Gasteiger partial charge in [0.2, 0.25) is 5.91 Å². The largest absolute Gasteiger partial charge is 0.337 e. The van der Waals surface area contributed by atoms with Crippen molar-refractivity contribution < 1.29 is 4.79 Å². The summed E-state index contributed by atoms with van der Waals surface area (Å²) in [5.74, 6) is -0.109. The molecule has 1 N–H and O–H groups in total. The van der Waals surface area contributed by atoms with Gasteiger partial charge in [-0.1, -0.05) is 55.9 Å². The molecule has 4 nitrogen and oxygen atoms in total. The van der Waals surface area contributed by atoms with Crippen LogP contribution in [0.25, 0.3) is 11.3 Å². The quantitative estimate of drug-likeness (QED) is 0.779. The molecule has 0 radical (unpaired) electrons. The van der Waals surface area contributed by atoms with Gasteiger partial charge < -0.3 is 5.32 Å². The summed E-state index contributed by atoms with van der Waals surface area (Å²) in [6, 6.07) is 12.2. The smallest absolute Gasteiger partial charge is 0.234 e. The number of benzene rings is 1. The van der Waals surface area contributed by atoms with Crippen molar-refractivity contribution in [2.45, 2.75) is 42.8 Å². The minimum absolute atomic E-state index is 0.0354. The molecular formula is C18H21N3OS2.